The Morgan fingerprint density at radius 1 is 1.26 bits per heavy atom. The minimum atomic E-state index is -0.814. The van der Waals surface area contributed by atoms with Crippen molar-refractivity contribution in [2.45, 2.75) is 19.4 Å². The lowest BCUT2D eigenvalue weighted by atomic mass is 10.0. The van der Waals surface area contributed by atoms with E-state index in [-0.39, 0.29) is 6.04 Å². The van der Waals surface area contributed by atoms with Gasteiger partial charge < -0.3 is 5.32 Å². The molecule has 102 valence electrons. The number of hydrogen-bond donors (Lipinski definition) is 1. The summed E-state index contributed by atoms with van der Waals surface area (Å²) in [6.07, 6.45) is 0.979. The molecule has 1 unspecified atom stereocenters. The highest BCUT2D eigenvalue weighted by Gasteiger charge is 2.17. The molecule has 0 saturated heterocycles. The van der Waals surface area contributed by atoms with E-state index in [2.05, 4.69) is 28.2 Å². The van der Waals surface area contributed by atoms with Crippen LogP contribution in [0.3, 0.4) is 0 Å². The second-order valence-electron chi connectivity index (χ2n) is 4.23. The fraction of sp³-hybridized carbons (Fsp3) is 0.286. The third-order valence-electron chi connectivity index (χ3n) is 2.75. The van der Waals surface area contributed by atoms with E-state index in [1.165, 1.54) is 12.1 Å². The summed E-state index contributed by atoms with van der Waals surface area (Å²) in [6, 6.07) is 5.95. The molecule has 0 aliphatic heterocycles. The zero-order valence-electron chi connectivity index (χ0n) is 10.4. The quantitative estimate of drug-likeness (QED) is 0.814. The van der Waals surface area contributed by atoms with Gasteiger partial charge in [-0.2, -0.15) is 0 Å². The van der Waals surface area contributed by atoms with Crippen molar-refractivity contribution in [3.8, 4) is 0 Å². The minimum absolute atomic E-state index is 0.105. The molecule has 0 fully saturated rings. The van der Waals surface area contributed by atoms with Gasteiger partial charge in [0.1, 0.15) is 0 Å². The van der Waals surface area contributed by atoms with Crippen LogP contribution in [0.1, 0.15) is 29.8 Å². The van der Waals surface area contributed by atoms with Gasteiger partial charge in [0, 0.05) is 14.7 Å². The average molecular weight is 346 g/mol. The van der Waals surface area contributed by atoms with Crippen LogP contribution < -0.4 is 5.32 Å². The average Bonchev–Trinajstić information content (AvgIpc) is 2.80. The minimum Gasteiger partial charge on any atom is -0.306 e. The van der Waals surface area contributed by atoms with Gasteiger partial charge in [0.25, 0.3) is 0 Å². The van der Waals surface area contributed by atoms with Gasteiger partial charge in [-0.3, -0.25) is 0 Å². The smallest absolute Gasteiger partial charge is 0.159 e. The summed E-state index contributed by atoms with van der Waals surface area (Å²) >= 11 is 5.00. The summed E-state index contributed by atoms with van der Waals surface area (Å²) < 4.78 is 27.4. The number of benzene rings is 1. The third-order valence-corrected chi connectivity index (χ3v) is 4.51. The zero-order chi connectivity index (χ0) is 13.8. The maximum absolute atomic E-state index is 13.4. The molecule has 1 N–H and O–H groups in total. The molecule has 0 amide bonds. The number of halogens is 3. The molecule has 1 heterocycles. The van der Waals surface area contributed by atoms with Crippen LogP contribution in [0.4, 0.5) is 8.78 Å². The molecule has 2 rings (SSSR count). The van der Waals surface area contributed by atoms with Crippen molar-refractivity contribution in [1.29, 1.82) is 0 Å². The molecule has 2 aromatic rings. The molecule has 1 atom stereocenters. The first-order valence-electron chi connectivity index (χ1n) is 6.04. The third kappa shape index (κ3) is 3.61. The monoisotopic (exact) mass is 345 g/mol. The molecule has 1 aromatic heterocycles. The van der Waals surface area contributed by atoms with E-state index in [0.717, 1.165) is 27.9 Å². The Hall–Kier alpha value is -0.780. The van der Waals surface area contributed by atoms with Gasteiger partial charge in [-0.25, -0.2) is 8.78 Å². The summed E-state index contributed by atoms with van der Waals surface area (Å²) in [7, 11) is 0. The summed E-state index contributed by atoms with van der Waals surface area (Å²) in [4.78, 5) is 1.08. The van der Waals surface area contributed by atoms with Crippen molar-refractivity contribution < 1.29 is 8.78 Å². The number of thiophene rings is 1. The van der Waals surface area contributed by atoms with Gasteiger partial charge in [-0.1, -0.05) is 13.0 Å². The summed E-state index contributed by atoms with van der Waals surface area (Å²) in [5.41, 5.74) is 0.738. The number of rotatable bonds is 5. The van der Waals surface area contributed by atoms with Crippen LogP contribution in [0, 0.1) is 11.6 Å². The highest BCUT2D eigenvalue weighted by molar-refractivity contribution is 9.10. The molecule has 1 nitrogen and oxygen atoms in total. The molecule has 0 aliphatic carbocycles. The van der Waals surface area contributed by atoms with E-state index in [1.807, 2.05) is 11.4 Å². The van der Waals surface area contributed by atoms with Crippen LogP contribution in [-0.2, 0) is 0 Å². The maximum Gasteiger partial charge on any atom is 0.159 e. The van der Waals surface area contributed by atoms with Crippen molar-refractivity contribution in [3.05, 3.63) is 56.2 Å². The Morgan fingerprint density at radius 3 is 2.63 bits per heavy atom. The van der Waals surface area contributed by atoms with Gasteiger partial charge in [0.15, 0.2) is 11.6 Å². The lowest BCUT2D eigenvalue weighted by molar-refractivity contribution is 0.503. The molecule has 0 radical (unpaired) electrons. The molecule has 0 saturated carbocycles. The van der Waals surface area contributed by atoms with E-state index >= 15 is 0 Å². The Bertz CT molecular complexity index is 556. The van der Waals surface area contributed by atoms with E-state index in [0.29, 0.717) is 0 Å². The SMILES string of the molecule is CCCNC(c1ccc(F)c(F)c1)c1cc(Br)cs1. The van der Waals surface area contributed by atoms with Crippen molar-refractivity contribution >= 4 is 27.3 Å². The maximum atomic E-state index is 13.4. The Kier molecular flexibility index (Phi) is 5.07. The fourth-order valence-electron chi connectivity index (χ4n) is 1.84. The van der Waals surface area contributed by atoms with Crippen LogP contribution in [0.5, 0.6) is 0 Å². The lowest BCUT2D eigenvalue weighted by Gasteiger charge is -2.17. The van der Waals surface area contributed by atoms with Crippen molar-refractivity contribution in [1.82, 2.24) is 5.32 Å². The van der Waals surface area contributed by atoms with Crippen molar-refractivity contribution in [2.75, 3.05) is 6.54 Å². The van der Waals surface area contributed by atoms with Gasteiger partial charge in [-0.15, -0.1) is 11.3 Å². The first-order chi connectivity index (χ1) is 9.11. The van der Waals surface area contributed by atoms with Crippen molar-refractivity contribution in [2.24, 2.45) is 0 Å². The summed E-state index contributed by atoms with van der Waals surface area (Å²) in [5, 5.41) is 5.34. The van der Waals surface area contributed by atoms with E-state index in [1.54, 1.807) is 17.4 Å². The molecular formula is C14H14BrF2NS. The largest absolute Gasteiger partial charge is 0.306 e. The van der Waals surface area contributed by atoms with Crippen LogP contribution in [0.25, 0.3) is 0 Å². The van der Waals surface area contributed by atoms with Crippen LogP contribution in [-0.4, -0.2) is 6.54 Å². The van der Waals surface area contributed by atoms with Gasteiger partial charge in [-0.05, 0) is 52.7 Å². The fourth-order valence-corrected chi connectivity index (χ4v) is 3.39. The van der Waals surface area contributed by atoms with Gasteiger partial charge in [0.05, 0.1) is 6.04 Å². The Morgan fingerprint density at radius 2 is 2.05 bits per heavy atom. The Labute approximate surface area is 123 Å². The first-order valence-corrected chi connectivity index (χ1v) is 7.71. The van der Waals surface area contributed by atoms with Crippen LogP contribution in [0.15, 0.2) is 34.1 Å². The number of nitrogens with one attached hydrogen (secondary N) is 1. The predicted molar refractivity (Wildman–Crippen MR) is 78.5 cm³/mol. The van der Waals surface area contributed by atoms with Crippen LogP contribution in [0.2, 0.25) is 0 Å². The highest BCUT2D eigenvalue weighted by atomic mass is 79.9. The van der Waals surface area contributed by atoms with E-state index in [4.69, 9.17) is 0 Å². The van der Waals surface area contributed by atoms with E-state index in [9.17, 15) is 8.78 Å². The second-order valence-corrected chi connectivity index (χ2v) is 6.09. The standard InChI is InChI=1S/C14H14BrF2NS/c1-2-5-18-14(13-7-10(15)8-19-13)9-3-4-11(16)12(17)6-9/h3-4,6-8,14,18H,2,5H2,1H3. The Balaban J connectivity index is 2.33. The zero-order valence-corrected chi connectivity index (χ0v) is 12.8. The number of hydrogen-bond acceptors (Lipinski definition) is 2. The predicted octanol–water partition coefficient (Wildman–Crippen LogP) is 4.88. The van der Waals surface area contributed by atoms with Crippen molar-refractivity contribution in [3.63, 3.8) is 0 Å². The van der Waals surface area contributed by atoms with Gasteiger partial charge >= 0.3 is 0 Å². The summed E-state index contributed by atoms with van der Waals surface area (Å²) in [5.74, 6) is -1.62. The molecular weight excluding hydrogens is 332 g/mol. The second kappa shape index (κ2) is 6.59. The lowest BCUT2D eigenvalue weighted by Crippen LogP contribution is -2.22. The molecule has 19 heavy (non-hydrogen) atoms. The topological polar surface area (TPSA) is 12.0 Å². The first kappa shape index (κ1) is 14.6. The normalized spacial score (nSPS) is 12.6. The molecule has 1 aromatic carbocycles. The van der Waals surface area contributed by atoms with Gasteiger partial charge in [0.2, 0.25) is 0 Å². The summed E-state index contributed by atoms with van der Waals surface area (Å²) in [6.45, 7) is 2.89. The highest BCUT2D eigenvalue weighted by Crippen LogP contribution is 2.30. The molecule has 0 bridgehead atoms. The molecule has 0 spiro atoms. The van der Waals surface area contributed by atoms with E-state index < -0.39 is 11.6 Å². The molecule has 0 aliphatic rings. The van der Waals surface area contributed by atoms with Crippen LogP contribution >= 0.6 is 27.3 Å². The molecule has 5 heteroatoms.